The molecule has 116 valence electrons. The van der Waals surface area contributed by atoms with Crippen molar-refractivity contribution < 1.29 is 18.3 Å². The van der Waals surface area contributed by atoms with Crippen molar-refractivity contribution >= 4 is 9.84 Å². The first-order valence-electron chi connectivity index (χ1n) is 6.69. The van der Waals surface area contributed by atoms with Crippen LogP contribution in [0.5, 0.6) is 5.75 Å². The second-order valence-corrected chi connectivity index (χ2v) is 7.01. The Hall–Kier alpha value is -1.62. The Morgan fingerprint density at radius 2 is 2.05 bits per heavy atom. The molecule has 1 unspecified atom stereocenters. The summed E-state index contributed by atoms with van der Waals surface area (Å²) in [6.45, 7) is 2.27. The van der Waals surface area contributed by atoms with Crippen molar-refractivity contribution in [2.45, 2.75) is 13.0 Å². The largest absolute Gasteiger partial charge is 0.491 e. The van der Waals surface area contributed by atoms with Gasteiger partial charge in [0.15, 0.2) is 9.84 Å². The minimum absolute atomic E-state index is 0.0622. The molecule has 2 N–H and O–H groups in total. The van der Waals surface area contributed by atoms with E-state index < -0.39 is 15.9 Å². The summed E-state index contributed by atoms with van der Waals surface area (Å²) in [5.74, 6) is 0.757. The first kappa shape index (κ1) is 17.4. The molecular formula is C14H20N2O4S. The average molecular weight is 312 g/mol. The molecule has 0 radical (unpaired) electrons. The molecule has 1 rings (SSSR count). The molecule has 0 aliphatic carbocycles. The standard InChI is InChI=1S/C14H20N2O4S/c1-2-21(18,19)8-7-16-10-13(17)11-20-14-5-3-12(9-15)4-6-14/h3-6,13,16-17H,2,7-8,10-11H2,1H3. The number of nitrogens with one attached hydrogen (secondary N) is 1. The minimum Gasteiger partial charge on any atom is -0.491 e. The summed E-state index contributed by atoms with van der Waals surface area (Å²) in [5, 5.41) is 21.2. The highest BCUT2D eigenvalue weighted by Crippen LogP contribution is 2.11. The van der Waals surface area contributed by atoms with Gasteiger partial charge in [-0.25, -0.2) is 8.42 Å². The van der Waals surface area contributed by atoms with Gasteiger partial charge in [0, 0.05) is 18.8 Å². The number of sulfone groups is 1. The molecule has 0 amide bonds. The molecule has 0 spiro atoms. The highest BCUT2D eigenvalue weighted by Gasteiger charge is 2.08. The molecule has 7 heteroatoms. The maximum Gasteiger partial charge on any atom is 0.151 e. The highest BCUT2D eigenvalue weighted by atomic mass is 32.2. The average Bonchev–Trinajstić information content (AvgIpc) is 2.50. The molecule has 21 heavy (non-hydrogen) atoms. The Bertz CT molecular complexity index is 564. The lowest BCUT2D eigenvalue weighted by Crippen LogP contribution is -2.34. The predicted octanol–water partition coefficient (Wildman–Crippen LogP) is 0.322. The van der Waals surface area contributed by atoms with Crippen molar-refractivity contribution in [3.63, 3.8) is 0 Å². The van der Waals surface area contributed by atoms with Crippen LogP contribution in [0, 0.1) is 11.3 Å². The number of ether oxygens (including phenoxy) is 1. The van der Waals surface area contributed by atoms with Gasteiger partial charge in [-0.2, -0.15) is 5.26 Å². The molecule has 0 aliphatic heterocycles. The summed E-state index contributed by atoms with van der Waals surface area (Å²) in [4.78, 5) is 0. The van der Waals surface area contributed by atoms with Gasteiger partial charge in [-0.1, -0.05) is 6.92 Å². The van der Waals surface area contributed by atoms with Crippen molar-refractivity contribution in [3.8, 4) is 11.8 Å². The van der Waals surface area contributed by atoms with E-state index in [-0.39, 0.29) is 24.7 Å². The third kappa shape index (κ3) is 7.09. The van der Waals surface area contributed by atoms with Crippen LogP contribution in [-0.4, -0.2) is 50.8 Å². The molecule has 0 saturated heterocycles. The molecule has 1 atom stereocenters. The molecule has 0 bridgehead atoms. The third-order valence-corrected chi connectivity index (χ3v) is 4.54. The number of nitriles is 1. The topological polar surface area (TPSA) is 99.4 Å². The first-order valence-corrected chi connectivity index (χ1v) is 8.51. The molecule has 1 aromatic rings. The zero-order chi connectivity index (χ0) is 15.7. The molecule has 0 saturated carbocycles. The summed E-state index contributed by atoms with van der Waals surface area (Å²) in [5.41, 5.74) is 0.543. The number of aliphatic hydroxyl groups excluding tert-OH is 1. The second kappa shape index (κ2) is 8.62. The lowest BCUT2D eigenvalue weighted by molar-refractivity contribution is 0.107. The van der Waals surface area contributed by atoms with E-state index in [2.05, 4.69) is 5.32 Å². The van der Waals surface area contributed by atoms with E-state index in [0.29, 0.717) is 17.9 Å². The van der Waals surface area contributed by atoms with Crippen molar-refractivity contribution in [1.82, 2.24) is 5.32 Å². The smallest absolute Gasteiger partial charge is 0.151 e. The van der Waals surface area contributed by atoms with E-state index in [1.807, 2.05) is 6.07 Å². The fourth-order valence-electron chi connectivity index (χ4n) is 1.52. The fraction of sp³-hybridized carbons (Fsp3) is 0.500. The van der Waals surface area contributed by atoms with Crippen LogP contribution in [0.2, 0.25) is 0 Å². The van der Waals surface area contributed by atoms with Crippen LogP contribution in [-0.2, 0) is 9.84 Å². The number of benzene rings is 1. The minimum atomic E-state index is -2.98. The number of hydrogen-bond acceptors (Lipinski definition) is 6. The highest BCUT2D eigenvalue weighted by molar-refractivity contribution is 7.91. The quantitative estimate of drug-likeness (QED) is 0.637. The van der Waals surface area contributed by atoms with Crippen LogP contribution < -0.4 is 10.1 Å². The molecule has 0 aliphatic rings. The maximum atomic E-state index is 11.3. The monoisotopic (exact) mass is 312 g/mol. The maximum absolute atomic E-state index is 11.3. The third-order valence-electron chi connectivity index (χ3n) is 2.84. The number of aliphatic hydroxyl groups is 1. The lowest BCUT2D eigenvalue weighted by atomic mass is 10.2. The van der Waals surface area contributed by atoms with Crippen LogP contribution in [0.1, 0.15) is 12.5 Å². The van der Waals surface area contributed by atoms with Gasteiger partial charge in [-0.05, 0) is 24.3 Å². The summed E-state index contributed by atoms with van der Waals surface area (Å²) in [7, 11) is -2.98. The number of rotatable bonds is 9. The Morgan fingerprint density at radius 1 is 1.38 bits per heavy atom. The Kier molecular flexibility index (Phi) is 7.15. The zero-order valence-corrected chi connectivity index (χ0v) is 12.8. The Balaban J connectivity index is 2.22. The van der Waals surface area contributed by atoms with Gasteiger partial charge in [0.1, 0.15) is 18.5 Å². The van der Waals surface area contributed by atoms with Crippen LogP contribution in [0.4, 0.5) is 0 Å². The number of nitrogens with zero attached hydrogens (tertiary/aromatic N) is 1. The van der Waals surface area contributed by atoms with E-state index in [0.717, 1.165) is 0 Å². The van der Waals surface area contributed by atoms with Gasteiger partial charge in [0.05, 0.1) is 17.4 Å². The normalized spacial score (nSPS) is 12.6. The molecule has 0 heterocycles. The summed E-state index contributed by atoms with van der Waals surface area (Å²) in [6, 6.07) is 8.59. The molecule has 6 nitrogen and oxygen atoms in total. The molecular weight excluding hydrogens is 292 g/mol. The van der Waals surface area contributed by atoms with E-state index in [1.54, 1.807) is 31.2 Å². The van der Waals surface area contributed by atoms with E-state index in [1.165, 1.54) is 0 Å². The van der Waals surface area contributed by atoms with E-state index >= 15 is 0 Å². The summed E-state index contributed by atoms with van der Waals surface area (Å²) < 4.78 is 27.9. The molecule has 1 aromatic carbocycles. The Morgan fingerprint density at radius 3 is 2.62 bits per heavy atom. The van der Waals surface area contributed by atoms with Crippen molar-refractivity contribution in [2.75, 3.05) is 31.2 Å². The van der Waals surface area contributed by atoms with Gasteiger partial charge in [-0.3, -0.25) is 0 Å². The summed E-state index contributed by atoms with van der Waals surface area (Å²) >= 11 is 0. The van der Waals surface area contributed by atoms with Crippen LogP contribution in [0.3, 0.4) is 0 Å². The van der Waals surface area contributed by atoms with E-state index in [9.17, 15) is 13.5 Å². The zero-order valence-electron chi connectivity index (χ0n) is 11.9. The SMILES string of the molecule is CCS(=O)(=O)CCNCC(O)COc1ccc(C#N)cc1. The van der Waals surface area contributed by atoms with Crippen molar-refractivity contribution in [3.05, 3.63) is 29.8 Å². The molecule has 0 aromatic heterocycles. The predicted molar refractivity (Wildman–Crippen MR) is 79.9 cm³/mol. The van der Waals surface area contributed by atoms with Crippen molar-refractivity contribution in [1.29, 1.82) is 5.26 Å². The van der Waals surface area contributed by atoms with Gasteiger partial charge in [-0.15, -0.1) is 0 Å². The lowest BCUT2D eigenvalue weighted by Gasteiger charge is -2.13. The van der Waals surface area contributed by atoms with Crippen LogP contribution in [0.25, 0.3) is 0 Å². The first-order chi connectivity index (χ1) is 9.96. The summed E-state index contributed by atoms with van der Waals surface area (Å²) in [6.07, 6.45) is -0.732. The van der Waals surface area contributed by atoms with Gasteiger partial charge in [0.25, 0.3) is 0 Å². The van der Waals surface area contributed by atoms with Crippen molar-refractivity contribution in [2.24, 2.45) is 0 Å². The fourth-order valence-corrected chi connectivity index (χ4v) is 2.26. The van der Waals surface area contributed by atoms with Gasteiger partial charge in [0.2, 0.25) is 0 Å². The van der Waals surface area contributed by atoms with E-state index in [4.69, 9.17) is 10.00 Å². The second-order valence-electron chi connectivity index (χ2n) is 4.54. The number of hydrogen-bond donors (Lipinski definition) is 2. The van der Waals surface area contributed by atoms with Gasteiger partial charge >= 0.3 is 0 Å². The Labute approximate surface area is 125 Å². The van der Waals surface area contributed by atoms with Crippen LogP contribution in [0.15, 0.2) is 24.3 Å². The van der Waals surface area contributed by atoms with Crippen LogP contribution >= 0.6 is 0 Å². The van der Waals surface area contributed by atoms with Gasteiger partial charge < -0.3 is 15.2 Å². The molecule has 0 fully saturated rings.